The van der Waals surface area contributed by atoms with Crippen LogP contribution in [0.15, 0.2) is 12.1 Å². The highest BCUT2D eigenvalue weighted by atomic mass is 79.9. The molecule has 0 radical (unpaired) electrons. The zero-order valence-electron chi connectivity index (χ0n) is 10.5. The summed E-state index contributed by atoms with van der Waals surface area (Å²) in [4.78, 5) is 0.554. The van der Waals surface area contributed by atoms with Crippen molar-refractivity contribution in [2.75, 3.05) is 0 Å². The molecule has 0 N–H and O–H groups in total. The molecule has 1 saturated carbocycles. The van der Waals surface area contributed by atoms with Crippen molar-refractivity contribution in [3.63, 3.8) is 0 Å². The lowest BCUT2D eigenvalue weighted by atomic mass is 9.80. The van der Waals surface area contributed by atoms with Crippen molar-refractivity contribution in [2.24, 2.45) is 5.92 Å². The summed E-state index contributed by atoms with van der Waals surface area (Å²) in [6, 6.07) is 4.61. The first kappa shape index (κ1) is 12.2. The summed E-state index contributed by atoms with van der Waals surface area (Å²) in [5.41, 5.74) is 5.79. The van der Waals surface area contributed by atoms with Gasteiger partial charge in [0.15, 0.2) is 0 Å². The van der Waals surface area contributed by atoms with E-state index in [9.17, 15) is 0 Å². The van der Waals surface area contributed by atoms with Gasteiger partial charge in [0, 0.05) is 4.83 Å². The van der Waals surface area contributed by atoms with Gasteiger partial charge in [-0.05, 0) is 49.8 Å². The van der Waals surface area contributed by atoms with Crippen molar-refractivity contribution in [1.29, 1.82) is 0 Å². The van der Waals surface area contributed by atoms with Gasteiger partial charge < -0.3 is 0 Å². The van der Waals surface area contributed by atoms with E-state index in [-0.39, 0.29) is 0 Å². The highest BCUT2D eigenvalue weighted by Crippen LogP contribution is 2.40. The van der Waals surface area contributed by atoms with Crippen molar-refractivity contribution < 1.29 is 0 Å². The van der Waals surface area contributed by atoms with E-state index in [2.05, 4.69) is 48.8 Å². The average molecular weight is 281 g/mol. The molecule has 2 rings (SSSR count). The van der Waals surface area contributed by atoms with Crippen LogP contribution in [0.25, 0.3) is 0 Å². The minimum Gasteiger partial charge on any atom is -0.0838 e. The van der Waals surface area contributed by atoms with Gasteiger partial charge in [0.1, 0.15) is 0 Å². The van der Waals surface area contributed by atoms with Gasteiger partial charge in [0.2, 0.25) is 0 Å². The maximum Gasteiger partial charge on any atom is 0.0403 e. The van der Waals surface area contributed by atoms with Crippen LogP contribution in [0.3, 0.4) is 0 Å². The van der Waals surface area contributed by atoms with Gasteiger partial charge in [0.25, 0.3) is 0 Å². The van der Waals surface area contributed by atoms with Crippen molar-refractivity contribution in [1.82, 2.24) is 0 Å². The van der Waals surface area contributed by atoms with Gasteiger partial charge in [0.05, 0.1) is 0 Å². The molecule has 0 nitrogen and oxygen atoms in total. The quantitative estimate of drug-likeness (QED) is 0.665. The van der Waals surface area contributed by atoms with E-state index >= 15 is 0 Å². The Labute approximate surface area is 108 Å². The fraction of sp³-hybridized carbons (Fsp3) is 0.600. The summed E-state index contributed by atoms with van der Waals surface area (Å²) in [7, 11) is 0. The molecule has 1 heteroatoms. The molecule has 1 fully saturated rings. The normalized spacial score (nSPS) is 18.2. The zero-order chi connectivity index (χ0) is 11.7. The number of hydrogen-bond acceptors (Lipinski definition) is 0. The molecular weight excluding hydrogens is 260 g/mol. The molecule has 0 amide bonds. The van der Waals surface area contributed by atoms with Gasteiger partial charge >= 0.3 is 0 Å². The first-order valence-electron chi connectivity index (χ1n) is 6.29. The van der Waals surface area contributed by atoms with Crippen molar-refractivity contribution in [3.8, 4) is 0 Å². The molecule has 1 aromatic rings. The third-order valence-electron chi connectivity index (χ3n) is 3.82. The lowest BCUT2D eigenvalue weighted by Crippen LogP contribution is -2.13. The molecule has 0 spiro atoms. The second-order valence-electron chi connectivity index (χ2n) is 5.31. The summed E-state index contributed by atoms with van der Waals surface area (Å²) in [5, 5.41) is 0. The minimum absolute atomic E-state index is 0.554. The Morgan fingerprint density at radius 2 is 1.75 bits per heavy atom. The fourth-order valence-electron chi connectivity index (χ4n) is 2.82. The van der Waals surface area contributed by atoms with E-state index in [0.717, 1.165) is 5.92 Å². The van der Waals surface area contributed by atoms with Crippen LogP contribution in [0.5, 0.6) is 0 Å². The number of aryl methyl sites for hydroxylation is 3. The summed E-state index contributed by atoms with van der Waals surface area (Å²) < 4.78 is 0. The molecule has 1 aliphatic rings. The standard InChI is InChI=1S/C15H21Br/c1-10-7-11(2)15(12(3)8-10)14(16)9-13-5-4-6-13/h7-8,13-14H,4-6,9H2,1-3H3. The second-order valence-corrected chi connectivity index (χ2v) is 6.42. The molecule has 1 aliphatic carbocycles. The third-order valence-corrected chi connectivity index (χ3v) is 4.65. The first-order valence-corrected chi connectivity index (χ1v) is 7.21. The van der Waals surface area contributed by atoms with Crippen LogP contribution in [0, 0.1) is 26.7 Å². The largest absolute Gasteiger partial charge is 0.0838 e. The van der Waals surface area contributed by atoms with Crippen LogP contribution in [0.1, 0.15) is 52.8 Å². The minimum atomic E-state index is 0.554. The third kappa shape index (κ3) is 2.51. The van der Waals surface area contributed by atoms with E-state index in [4.69, 9.17) is 0 Å². The Morgan fingerprint density at radius 1 is 1.19 bits per heavy atom. The topological polar surface area (TPSA) is 0 Å². The summed E-state index contributed by atoms with van der Waals surface area (Å²) in [6.07, 6.45) is 5.62. The van der Waals surface area contributed by atoms with E-state index in [1.54, 1.807) is 0 Å². The molecule has 0 bridgehead atoms. The highest BCUT2D eigenvalue weighted by molar-refractivity contribution is 9.09. The van der Waals surface area contributed by atoms with E-state index in [0.29, 0.717) is 4.83 Å². The van der Waals surface area contributed by atoms with Crippen molar-refractivity contribution in [3.05, 3.63) is 34.4 Å². The SMILES string of the molecule is Cc1cc(C)c(C(Br)CC2CCC2)c(C)c1. The molecule has 0 aliphatic heterocycles. The van der Waals surface area contributed by atoms with Crippen molar-refractivity contribution in [2.45, 2.75) is 51.3 Å². The second kappa shape index (κ2) is 4.91. The molecular formula is C15H21Br. The molecule has 88 valence electrons. The molecule has 1 aromatic carbocycles. The molecule has 0 saturated heterocycles. The maximum absolute atomic E-state index is 3.89. The Kier molecular flexibility index (Phi) is 3.73. The van der Waals surface area contributed by atoms with Crippen molar-refractivity contribution >= 4 is 15.9 Å². The number of benzene rings is 1. The summed E-state index contributed by atoms with van der Waals surface area (Å²) >= 11 is 3.89. The fourth-order valence-corrected chi connectivity index (χ4v) is 4.08. The predicted octanol–water partition coefficient (Wildman–Crippen LogP) is 5.24. The monoisotopic (exact) mass is 280 g/mol. The molecule has 1 unspecified atom stereocenters. The Balaban J connectivity index is 2.17. The van der Waals surface area contributed by atoms with E-state index in [1.165, 1.54) is 47.9 Å². The van der Waals surface area contributed by atoms with Gasteiger partial charge in [-0.15, -0.1) is 0 Å². The van der Waals surface area contributed by atoms with Crippen LogP contribution >= 0.6 is 15.9 Å². The Hall–Kier alpha value is -0.300. The molecule has 0 heterocycles. The van der Waals surface area contributed by atoms with Crippen LogP contribution in [0.4, 0.5) is 0 Å². The Bertz CT molecular complexity index is 354. The van der Waals surface area contributed by atoms with Crippen LogP contribution < -0.4 is 0 Å². The lowest BCUT2D eigenvalue weighted by Gasteiger charge is -2.28. The highest BCUT2D eigenvalue weighted by Gasteiger charge is 2.23. The van der Waals surface area contributed by atoms with E-state index in [1.807, 2.05) is 0 Å². The van der Waals surface area contributed by atoms with Gasteiger partial charge in [-0.3, -0.25) is 0 Å². The molecule has 0 aromatic heterocycles. The summed E-state index contributed by atoms with van der Waals surface area (Å²) in [6.45, 7) is 6.66. The number of rotatable bonds is 3. The van der Waals surface area contributed by atoms with Gasteiger partial charge in [-0.25, -0.2) is 0 Å². The number of hydrogen-bond donors (Lipinski definition) is 0. The van der Waals surface area contributed by atoms with Crippen LogP contribution in [-0.4, -0.2) is 0 Å². The maximum atomic E-state index is 3.89. The summed E-state index contributed by atoms with van der Waals surface area (Å²) in [5.74, 6) is 0.962. The first-order chi connectivity index (χ1) is 7.58. The number of alkyl halides is 1. The zero-order valence-corrected chi connectivity index (χ0v) is 12.1. The number of halogens is 1. The van der Waals surface area contributed by atoms with Crippen LogP contribution in [-0.2, 0) is 0 Å². The lowest BCUT2D eigenvalue weighted by molar-refractivity contribution is 0.295. The molecule has 16 heavy (non-hydrogen) atoms. The van der Waals surface area contributed by atoms with E-state index < -0.39 is 0 Å². The average Bonchev–Trinajstić information content (AvgIpc) is 2.09. The van der Waals surface area contributed by atoms with Gasteiger partial charge in [-0.2, -0.15) is 0 Å². The Morgan fingerprint density at radius 3 is 2.19 bits per heavy atom. The smallest absolute Gasteiger partial charge is 0.0403 e. The predicted molar refractivity (Wildman–Crippen MR) is 74.3 cm³/mol. The molecule has 1 atom stereocenters. The van der Waals surface area contributed by atoms with Crippen LogP contribution in [0.2, 0.25) is 0 Å². The van der Waals surface area contributed by atoms with Gasteiger partial charge in [-0.1, -0.05) is 52.9 Å².